The van der Waals surface area contributed by atoms with E-state index < -0.39 is 0 Å². The number of benzene rings is 1. The lowest BCUT2D eigenvalue weighted by Crippen LogP contribution is -2.56. The molecule has 2 aromatic heterocycles. The molecule has 1 N–H and O–H groups in total. The maximum Gasteiger partial charge on any atom is 0.318 e. The van der Waals surface area contributed by atoms with Crippen LogP contribution in [0.5, 0.6) is 0 Å². The molecule has 7 nitrogen and oxygen atoms in total. The SMILES string of the molecule is C[C@H]1CN(c2ncnc3c2C=C(c2ccncc2)C3)CCN1C(=O)NCc1ccc(Cl)cc1. The van der Waals surface area contributed by atoms with Gasteiger partial charge in [-0.3, -0.25) is 4.98 Å². The average Bonchev–Trinajstić information content (AvgIpc) is 3.28. The number of hydrogen-bond donors (Lipinski definition) is 1. The fraction of sp³-hybridized carbons (Fsp3) is 0.280. The second-order valence-corrected chi connectivity index (χ2v) is 8.85. The highest BCUT2D eigenvalue weighted by molar-refractivity contribution is 6.30. The van der Waals surface area contributed by atoms with Crippen molar-refractivity contribution in [2.24, 2.45) is 0 Å². The van der Waals surface area contributed by atoms with Gasteiger partial charge in [0.2, 0.25) is 0 Å². The van der Waals surface area contributed by atoms with Gasteiger partial charge in [0, 0.05) is 61.6 Å². The van der Waals surface area contributed by atoms with Gasteiger partial charge in [-0.05, 0) is 54.0 Å². The van der Waals surface area contributed by atoms with Gasteiger partial charge in [0.1, 0.15) is 12.1 Å². The van der Waals surface area contributed by atoms with Gasteiger partial charge in [0.15, 0.2) is 0 Å². The number of pyridine rings is 1. The van der Waals surface area contributed by atoms with Gasteiger partial charge in [-0.1, -0.05) is 23.7 Å². The van der Waals surface area contributed by atoms with E-state index in [1.165, 1.54) is 5.57 Å². The first kappa shape index (κ1) is 21.4. The predicted octanol–water partition coefficient (Wildman–Crippen LogP) is 4.04. The van der Waals surface area contributed by atoms with Crippen molar-refractivity contribution in [3.63, 3.8) is 0 Å². The van der Waals surface area contributed by atoms with Crippen molar-refractivity contribution in [2.75, 3.05) is 24.5 Å². The lowest BCUT2D eigenvalue weighted by Gasteiger charge is -2.40. The Balaban J connectivity index is 1.26. The summed E-state index contributed by atoms with van der Waals surface area (Å²) in [7, 11) is 0. The number of allylic oxidation sites excluding steroid dienone is 1. The summed E-state index contributed by atoms with van der Waals surface area (Å²) < 4.78 is 0. The molecule has 0 saturated carbocycles. The van der Waals surface area contributed by atoms with Crippen LogP contribution >= 0.6 is 11.6 Å². The Labute approximate surface area is 198 Å². The number of rotatable bonds is 4. The number of urea groups is 1. The van der Waals surface area contributed by atoms with E-state index in [-0.39, 0.29) is 12.1 Å². The van der Waals surface area contributed by atoms with Gasteiger partial charge in [-0.2, -0.15) is 0 Å². The van der Waals surface area contributed by atoms with E-state index in [1.807, 2.05) is 53.7 Å². The van der Waals surface area contributed by atoms with Crippen molar-refractivity contribution < 1.29 is 4.79 Å². The van der Waals surface area contributed by atoms with E-state index in [0.29, 0.717) is 18.1 Å². The highest BCUT2D eigenvalue weighted by Gasteiger charge is 2.30. The number of amides is 2. The van der Waals surface area contributed by atoms with Gasteiger partial charge in [-0.25, -0.2) is 14.8 Å². The van der Waals surface area contributed by atoms with E-state index in [2.05, 4.69) is 38.2 Å². The van der Waals surface area contributed by atoms with E-state index in [4.69, 9.17) is 11.6 Å². The molecule has 168 valence electrons. The predicted molar refractivity (Wildman–Crippen MR) is 130 cm³/mol. The van der Waals surface area contributed by atoms with Gasteiger partial charge >= 0.3 is 6.03 Å². The average molecular weight is 461 g/mol. The molecule has 3 aromatic rings. The van der Waals surface area contributed by atoms with Crippen LogP contribution in [-0.2, 0) is 13.0 Å². The molecule has 2 aliphatic rings. The molecule has 1 saturated heterocycles. The summed E-state index contributed by atoms with van der Waals surface area (Å²) in [5, 5.41) is 3.71. The van der Waals surface area contributed by atoms with Crippen LogP contribution in [-0.4, -0.2) is 51.6 Å². The van der Waals surface area contributed by atoms with Crippen molar-refractivity contribution in [1.29, 1.82) is 0 Å². The fourth-order valence-electron chi connectivity index (χ4n) is 4.45. The minimum Gasteiger partial charge on any atom is -0.352 e. The normalized spacial score (nSPS) is 17.5. The number of nitrogens with zero attached hydrogens (tertiary/aromatic N) is 5. The molecule has 3 heterocycles. The standard InChI is InChI=1S/C25H25ClN6O/c1-17-15-31(10-11-32(17)25(33)28-14-18-2-4-21(26)5-3-18)24-22-12-20(13-23(22)29-16-30-24)19-6-8-27-9-7-19/h2-9,12,16-17H,10-11,13-15H2,1H3,(H,28,33)/t17-/m0/s1. The Morgan fingerprint density at radius 2 is 1.91 bits per heavy atom. The number of nitrogens with one attached hydrogen (secondary N) is 1. The van der Waals surface area contributed by atoms with Crippen LogP contribution in [0.25, 0.3) is 11.6 Å². The quantitative estimate of drug-likeness (QED) is 0.636. The van der Waals surface area contributed by atoms with Crippen LogP contribution in [0.1, 0.15) is 29.3 Å². The van der Waals surface area contributed by atoms with Gasteiger partial charge < -0.3 is 15.1 Å². The topological polar surface area (TPSA) is 74.2 Å². The first-order chi connectivity index (χ1) is 16.1. The number of hydrogen-bond acceptors (Lipinski definition) is 5. The molecule has 1 aliphatic carbocycles. The van der Waals surface area contributed by atoms with E-state index >= 15 is 0 Å². The molecule has 33 heavy (non-hydrogen) atoms. The zero-order chi connectivity index (χ0) is 22.8. The summed E-state index contributed by atoms with van der Waals surface area (Å²) >= 11 is 5.94. The highest BCUT2D eigenvalue weighted by atomic mass is 35.5. The monoisotopic (exact) mass is 460 g/mol. The molecule has 1 aromatic carbocycles. The molecular weight excluding hydrogens is 436 g/mol. The van der Waals surface area contributed by atoms with Crippen LogP contribution in [0.15, 0.2) is 55.1 Å². The van der Waals surface area contributed by atoms with Crippen LogP contribution in [0.2, 0.25) is 5.02 Å². The second-order valence-electron chi connectivity index (χ2n) is 8.41. The molecule has 0 bridgehead atoms. The summed E-state index contributed by atoms with van der Waals surface area (Å²) in [6.45, 7) is 4.63. The third-order valence-corrected chi connectivity index (χ3v) is 6.47. The Kier molecular flexibility index (Phi) is 5.96. The first-order valence-corrected chi connectivity index (χ1v) is 11.4. The summed E-state index contributed by atoms with van der Waals surface area (Å²) in [5.41, 5.74) is 5.53. The molecule has 8 heteroatoms. The van der Waals surface area contributed by atoms with Crippen molar-refractivity contribution in [3.8, 4) is 0 Å². The summed E-state index contributed by atoms with van der Waals surface area (Å²) in [6.07, 6.45) is 8.25. The van der Waals surface area contributed by atoms with Crippen molar-refractivity contribution in [3.05, 3.63) is 82.5 Å². The molecule has 0 radical (unpaired) electrons. The highest BCUT2D eigenvalue weighted by Crippen LogP contribution is 2.35. The van der Waals surface area contributed by atoms with E-state index in [9.17, 15) is 4.79 Å². The van der Waals surface area contributed by atoms with Crippen molar-refractivity contribution >= 4 is 35.1 Å². The second kappa shape index (κ2) is 9.19. The molecule has 5 rings (SSSR count). The maximum absolute atomic E-state index is 12.8. The van der Waals surface area contributed by atoms with Crippen molar-refractivity contribution in [1.82, 2.24) is 25.2 Å². The number of carbonyl (C=O) groups excluding carboxylic acids is 1. The number of fused-ring (bicyclic) bond motifs is 1. The minimum absolute atomic E-state index is 0.0510. The Morgan fingerprint density at radius 3 is 2.67 bits per heavy atom. The number of piperazine rings is 1. The fourth-order valence-corrected chi connectivity index (χ4v) is 4.58. The zero-order valence-corrected chi connectivity index (χ0v) is 19.2. The van der Waals surface area contributed by atoms with E-state index in [1.54, 1.807) is 6.33 Å². The lowest BCUT2D eigenvalue weighted by molar-refractivity contribution is 0.171. The molecule has 0 unspecified atom stereocenters. The molecule has 2 amide bonds. The number of halogens is 1. The summed E-state index contributed by atoms with van der Waals surface area (Å²) in [4.78, 5) is 30.2. The summed E-state index contributed by atoms with van der Waals surface area (Å²) in [5.74, 6) is 0.942. The minimum atomic E-state index is -0.0510. The molecular formula is C25H25ClN6O. The van der Waals surface area contributed by atoms with Gasteiger partial charge in [0.05, 0.1) is 5.69 Å². The first-order valence-electron chi connectivity index (χ1n) is 11.1. The third-order valence-electron chi connectivity index (χ3n) is 6.22. The molecule has 1 fully saturated rings. The number of aromatic nitrogens is 3. The molecule has 0 spiro atoms. The van der Waals surface area contributed by atoms with Gasteiger partial charge in [0.25, 0.3) is 0 Å². The third kappa shape index (κ3) is 4.54. The molecule has 1 aliphatic heterocycles. The smallest absolute Gasteiger partial charge is 0.318 e. The van der Waals surface area contributed by atoms with E-state index in [0.717, 1.165) is 47.7 Å². The molecule has 1 atom stereocenters. The maximum atomic E-state index is 12.8. The Morgan fingerprint density at radius 1 is 1.12 bits per heavy atom. The van der Waals surface area contributed by atoms with Crippen molar-refractivity contribution in [2.45, 2.75) is 25.9 Å². The van der Waals surface area contributed by atoms with Crippen LogP contribution < -0.4 is 10.2 Å². The largest absolute Gasteiger partial charge is 0.352 e. The van der Waals surface area contributed by atoms with Crippen LogP contribution in [0.3, 0.4) is 0 Å². The Hall–Kier alpha value is -3.45. The number of carbonyl (C=O) groups is 1. The number of anilines is 1. The Bertz CT molecular complexity index is 1180. The summed E-state index contributed by atoms with van der Waals surface area (Å²) in [6, 6.07) is 11.6. The van der Waals surface area contributed by atoms with Crippen LogP contribution in [0.4, 0.5) is 10.6 Å². The zero-order valence-electron chi connectivity index (χ0n) is 18.4. The van der Waals surface area contributed by atoms with Crippen LogP contribution in [0, 0.1) is 0 Å². The van der Waals surface area contributed by atoms with Gasteiger partial charge in [-0.15, -0.1) is 0 Å². The lowest BCUT2D eigenvalue weighted by atomic mass is 10.1.